The predicted molar refractivity (Wildman–Crippen MR) is 55.0 cm³/mol. The minimum atomic E-state index is -0.527. The third-order valence-corrected chi connectivity index (χ3v) is 2.70. The molecule has 1 saturated heterocycles. The Morgan fingerprint density at radius 3 is 3.07 bits per heavy atom. The average molecular weight is 212 g/mol. The summed E-state index contributed by atoms with van der Waals surface area (Å²) in [5.41, 5.74) is 8.13. The van der Waals surface area contributed by atoms with Crippen LogP contribution >= 0.6 is 0 Å². The van der Waals surface area contributed by atoms with Gasteiger partial charge in [0.05, 0.1) is 12.1 Å². The Morgan fingerprint density at radius 1 is 1.73 bits per heavy atom. The fourth-order valence-corrected chi connectivity index (χ4v) is 1.95. The van der Waals surface area contributed by atoms with E-state index in [0.29, 0.717) is 6.54 Å². The standard InChI is InChI=1S/C9H16N4O2/c1-7(14)8-4-2-3-5-13(8)9(15)6-11-12-10/h7-8,14H,2-6H2,1H3. The molecule has 1 rings (SSSR count). The predicted octanol–water partition coefficient (Wildman–Crippen LogP) is 1.06. The van der Waals surface area contributed by atoms with Crippen LogP contribution in [-0.4, -0.2) is 41.1 Å². The fraction of sp³-hybridized carbons (Fsp3) is 0.889. The molecule has 0 aliphatic carbocycles. The first kappa shape index (κ1) is 11.8. The zero-order valence-corrected chi connectivity index (χ0v) is 8.83. The summed E-state index contributed by atoms with van der Waals surface area (Å²) in [6.45, 7) is 2.18. The molecule has 6 heteroatoms. The maximum atomic E-state index is 11.6. The molecule has 0 aromatic rings. The van der Waals surface area contributed by atoms with Crippen molar-refractivity contribution in [1.82, 2.24) is 4.90 Å². The minimum Gasteiger partial charge on any atom is -0.391 e. The van der Waals surface area contributed by atoms with Gasteiger partial charge in [-0.2, -0.15) is 0 Å². The third kappa shape index (κ3) is 3.11. The number of hydrogen-bond acceptors (Lipinski definition) is 3. The fourth-order valence-electron chi connectivity index (χ4n) is 1.95. The van der Waals surface area contributed by atoms with E-state index in [4.69, 9.17) is 5.53 Å². The molecule has 15 heavy (non-hydrogen) atoms. The van der Waals surface area contributed by atoms with Gasteiger partial charge in [0.2, 0.25) is 5.91 Å². The van der Waals surface area contributed by atoms with Crippen LogP contribution in [0.15, 0.2) is 5.11 Å². The number of carbonyl (C=O) groups is 1. The zero-order valence-electron chi connectivity index (χ0n) is 8.83. The molecule has 1 N–H and O–H groups in total. The number of piperidine rings is 1. The van der Waals surface area contributed by atoms with Crippen LogP contribution in [0.3, 0.4) is 0 Å². The average Bonchev–Trinajstić information content (AvgIpc) is 2.25. The highest BCUT2D eigenvalue weighted by Gasteiger charge is 2.29. The van der Waals surface area contributed by atoms with Crippen LogP contribution in [-0.2, 0) is 4.79 Å². The van der Waals surface area contributed by atoms with Crippen LogP contribution in [0.5, 0.6) is 0 Å². The Bertz CT molecular complexity index is 273. The molecule has 2 unspecified atom stereocenters. The second-order valence-corrected chi connectivity index (χ2v) is 3.78. The largest absolute Gasteiger partial charge is 0.391 e. The van der Waals surface area contributed by atoms with E-state index < -0.39 is 6.10 Å². The minimum absolute atomic E-state index is 0.125. The Morgan fingerprint density at radius 2 is 2.47 bits per heavy atom. The van der Waals surface area contributed by atoms with Crippen molar-refractivity contribution in [2.24, 2.45) is 5.11 Å². The first-order valence-electron chi connectivity index (χ1n) is 5.15. The number of likely N-dealkylation sites (tertiary alicyclic amines) is 1. The molecule has 84 valence electrons. The van der Waals surface area contributed by atoms with Crippen LogP contribution in [0.25, 0.3) is 10.4 Å². The monoisotopic (exact) mass is 212 g/mol. The van der Waals surface area contributed by atoms with Gasteiger partial charge in [-0.15, -0.1) is 0 Å². The normalized spacial score (nSPS) is 23.1. The molecular weight excluding hydrogens is 196 g/mol. The van der Waals surface area contributed by atoms with Gasteiger partial charge in [-0.1, -0.05) is 5.11 Å². The van der Waals surface area contributed by atoms with E-state index in [0.717, 1.165) is 19.3 Å². The molecule has 0 aromatic carbocycles. The van der Waals surface area contributed by atoms with Gasteiger partial charge >= 0.3 is 0 Å². The van der Waals surface area contributed by atoms with Gasteiger partial charge in [0.15, 0.2) is 0 Å². The molecule has 0 saturated carbocycles. The molecule has 1 heterocycles. The molecule has 0 bridgehead atoms. The van der Waals surface area contributed by atoms with Crippen molar-refractivity contribution < 1.29 is 9.90 Å². The third-order valence-electron chi connectivity index (χ3n) is 2.70. The quantitative estimate of drug-likeness (QED) is 0.430. The van der Waals surface area contributed by atoms with Crippen LogP contribution in [0, 0.1) is 0 Å². The van der Waals surface area contributed by atoms with Crippen molar-refractivity contribution in [3.8, 4) is 0 Å². The Hall–Kier alpha value is -1.26. The lowest BCUT2D eigenvalue weighted by Crippen LogP contribution is -2.49. The summed E-state index contributed by atoms with van der Waals surface area (Å²) in [4.78, 5) is 15.8. The first-order chi connectivity index (χ1) is 7.16. The number of rotatable bonds is 3. The second-order valence-electron chi connectivity index (χ2n) is 3.78. The summed E-state index contributed by atoms with van der Waals surface area (Å²) in [5, 5.41) is 12.8. The SMILES string of the molecule is CC(O)C1CCCCN1C(=O)CN=[N+]=[N-]. The molecule has 1 amide bonds. The van der Waals surface area contributed by atoms with Crippen molar-refractivity contribution in [2.45, 2.75) is 38.3 Å². The van der Waals surface area contributed by atoms with Crippen molar-refractivity contribution in [1.29, 1.82) is 0 Å². The molecule has 1 aliphatic rings. The zero-order chi connectivity index (χ0) is 11.3. The lowest BCUT2D eigenvalue weighted by atomic mass is 9.98. The summed E-state index contributed by atoms with van der Waals surface area (Å²) in [6.07, 6.45) is 2.27. The first-order valence-corrected chi connectivity index (χ1v) is 5.15. The summed E-state index contributed by atoms with van der Waals surface area (Å²) in [7, 11) is 0. The summed E-state index contributed by atoms with van der Waals surface area (Å²) >= 11 is 0. The molecule has 1 fully saturated rings. The van der Waals surface area contributed by atoms with Crippen molar-refractivity contribution in [3.63, 3.8) is 0 Å². The van der Waals surface area contributed by atoms with Crippen LogP contribution in [0.2, 0.25) is 0 Å². The van der Waals surface area contributed by atoms with Crippen LogP contribution < -0.4 is 0 Å². The van der Waals surface area contributed by atoms with E-state index in [9.17, 15) is 9.90 Å². The number of amides is 1. The molecule has 0 aromatic heterocycles. The molecule has 0 spiro atoms. The van der Waals surface area contributed by atoms with E-state index in [1.807, 2.05) is 0 Å². The molecule has 1 aliphatic heterocycles. The topological polar surface area (TPSA) is 89.3 Å². The second kappa shape index (κ2) is 5.58. The van der Waals surface area contributed by atoms with E-state index in [-0.39, 0.29) is 18.5 Å². The van der Waals surface area contributed by atoms with Gasteiger partial charge in [0.1, 0.15) is 6.54 Å². The molecule has 2 atom stereocenters. The van der Waals surface area contributed by atoms with Crippen LogP contribution in [0.4, 0.5) is 0 Å². The highest BCUT2D eigenvalue weighted by atomic mass is 16.3. The van der Waals surface area contributed by atoms with Gasteiger partial charge in [0.25, 0.3) is 0 Å². The van der Waals surface area contributed by atoms with Gasteiger partial charge in [-0.05, 0) is 31.7 Å². The van der Waals surface area contributed by atoms with E-state index in [2.05, 4.69) is 10.0 Å². The number of azide groups is 1. The number of hydrogen-bond donors (Lipinski definition) is 1. The summed E-state index contributed by atoms with van der Waals surface area (Å²) in [5.74, 6) is -0.196. The maximum absolute atomic E-state index is 11.6. The van der Waals surface area contributed by atoms with Gasteiger partial charge in [-0.25, -0.2) is 0 Å². The Labute approximate surface area is 88.5 Å². The number of carbonyl (C=O) groups excluding carboxylic acids is 1. The number of aliphatic hydroxyl groups excluding tert-OH is 1. The number of nitrogens with zero attached hydrogens (tertiary/aromatic N) is 4. The van der Waals surface area contributed by atoms with E-state index in [1.54, 1.807) is 11.8 Å². The van der Waals surface area contributed by atoms with Gasteiger partial charge < -0.3 is 10.0 Å². The van der Waals surface area contributed by atoms with Crippen LogP contribution in [0.1, 0.15) is 26.2 Å². The summed E-state index contributed by atoms with van der Waals surface area (Å²) in [6, 6.07) is -0.125. The van der Waals surface area contributed by atoms with E-state index >= 15 is 0 Å². The molecule has 6 nitrogen and oxygen atoms in total. The highest BCUT2D eigenvalue weighted by molar-refractivity contribution is 5.78. The smallest absolute Gasteiger partial charge is 0.228 e. The van der Waals surface area contributed by atoms with Crippen molar-refractivity contribution in [2.75, 3.05) is 13.1 Å². The maximum Gasteiger partial charge on any atom is 0.228 e. The van der Waals surface area contributed by atoms with Gasteiger partial charge in [0, 0.05) is 11.5 Å². The number of aliphatic hydroxyl groups is 1. The highest BCUT2D eigenvalue weighted by Crippen LogP contribution is 2.19. The Kier molecular flexibility index (Phi) is 4.39. The van der Waals surface area contributed by atoms with Crippen molar-refractivity contribution in [3.05, 3.63) is 10.4 Å². The summed E-state index contributed by atoms with van der Waals surface area (Å²) < 4.78 is 0. The molecule has 0 radical (unpaired) electrons. The van der Waals surface area contributed by atoms with E-state index in [1.165, 1.54) is 0 Å². The van der Waals surface area contributed by atoms with Gasteiger partial charge in [-0.3, -0.25) is 4.79 Å². The Balaban J connectivity index is 2.62. The van der Waals surface area contributed by atoms with Crippen molar-refractivity contribution >= 4 is 5.91 Å². The molecular formula is C9H16N4O2. The lowest BCUT2D eigenvalue weighted by molar-refractivity contribution is -0.136. The lowest BCUT2D eigenvalue weighted by Gasteiger charge is -2.37.